The monoisotopic (exact) mass is 301 g/mol. The van der Waals surface area contributed by atoms with E-state index >= 15 is 0 Å². The summed E-state index contributed by atoms with van der Waals surface area (Å²) in [5.41, 5.74) is 1.69. The molecular formula is C16H15NO5. The van der Waals surface area contributed by atoms with Crippen molar-refractivity contribution in [2.75, 3.05) is 13.9 Å². The SMILES string of the molecule is COCOc1cccc(C=O)c1-c1noc2c1C(=O)CCC2. The summed E-state index contributed by atoms with van der Waals surface area (Å²) in [6.07, 6.45) is 2.59. The van der Waals surface area contributed by atoms with Crippen molar-refractivity contribution >= 4 is 12.1 Å². The first-order valence-electron chi connectivity index (χ1n) is 6.98. The van der Waals surface area contributed by atoms with Gasteiger partial charge in [-0.15, -0.1) is 0 Å². The van der Waals surface area contributed by atoms with Crippen LogP contribution in [0.4, 0.5) is 0 Å². The molecule has 6 nitrogen and oxygen atoms in total. The first-order valence-corrected chi connectivity index (χ1v) is 6.98. The molecule has 0 saturated heterocycles. The van der Waals surface area contributed by atoms with E-state index in [0.717, 1.165) is 6.42 Å². The van der Waals surface area contributed by atoms with E-state index in [-0.39, 0.29) is 12.6 Å². The maximum Gasteiger partial charge on any atom is 0.188 e. The second kappa shape index (κ2) is 6.11. The summed E-state index contributed by atoms with van der Waals surface area (Å²) in [6, 6.07) is 5.05. The Bertz CT molecular complexity index is 719. The van der Waals surface area contributed by atoms with Gasteiger partial charge in [-0.25, -0.2) is 0 Å². The summed E-state index contributed by atoms with van der Waals surface area (Å²) in [5, 5.41) is 4.02. The standard InChI is InChI=1S/C16H15NO5/c1-20-9-21-12-6-2-4-10(8-18)14(12)16-15-11(19)5-3-7-13(15)22-17-16/h2,4,6,8H,3,5,7,9H2,1H3. The summed E-state index contributed by atoms with van der Waals surface area (Å²) in [5.74, 6) is 0.987. The molecule has 1 aliphatic rings. The predicted molar refractivity (Wildman–Crippen MR) is 77.1 cm³/mol. The number of carbonyl (C=O) groups is 2. The summed E-state index contributed by atoms with van der Waals surface area (Å²) < 4.78 is 15.7. The van der Waals surface area contributed by atoms with Gasteiger partial charge in [0.1, 0.15) is 17.2 Å². The van der Waals surface area contributed by atoms with Gasteiger partial charge in [0, 0.05) is 25.5 Å². The third kappa shape index (κ3) is 2.42. The second-order valence-corrected chi connectivity index (χ2v) is 5.00. The molecule has 2 aromatic rings. The molecule has 0 N–H and O–H groups in total. The summed E-state index contributed by atoms with van der Waals surface area (Å²) in [4.78, 5) is 23.6. The Balaban J connectivity index is 2.17. The number of nitrogens with zero attached hydrogens (tertiary/aromatic N) is 1. The number of rotatable bonds is 5. The first kappa shape index (κ1) is 14.5. The predicted octanol–water partition coefficient (Wildman–Crippen LogP) is 2.66. The van der Waals surface area contributed by atoms with Crippen molar-refractivity contribution in [3.8, 4) is 17.0 Å². The molecule has 1 aromatic heterocycles. The average molecular weight is 301 g/mol. The molecule has 0 unspecified atom stereocenters. The molecule has 22 heavy (non-hydrogen) atoms. The number of methoxy groups -OCH3 is 1. The van der Waals surface area contributed by atoms with Crippen LogP contribution >= 0.6 is 0 Å². The topological polar surface area (TPSA) is 78.6 Å². The first-order chi connectivity index (χ1) is 10.8. The molecule has 1 heterocycles. The van der Waals surface area contributed by atoms with Crippen LogP contribution in [0.3, 0.4) is 0 Å². The van der Waals surface area contributed by atoms with Crippen LogP contribution in [-0.4, -0.2) is 31.1 Å². The van der Waals surface area contributed by atoms with Crippen LogP contribution in [-0.2, 0) is 11.2 Å². The lowest BCUT2D eigenvalue weighted by Gasteiger charge is -2.13. The minimum absolute atomic E-state index is 0.0177. The fraction of sp³-hybridized carbons (Fsp3) is 0.312. The van der Waals surface area contributed by atoms with Crippen molar-refractivity contribution in [1.29, 1.82) is 0 Å². The number of carbonyl (C=O) groups excluding carboxylic acids is 2. The van der Waals surface area contributed by atoms with Crippen molar-refractivity contribution < 1.29 is 23.6 Å². The zero-order valence-electron chi connectivity index (χ0n) is 12.1. The van der Waals surface area contributed by atoms with Gasteiger partial charge in [0.2, 0.25) is 0 Å². The van der Waals surface area contributed by atoms with Crippen molar-refractivity contribution in [3.63, 3.8) is 0 Å². The van der Waals surface area contributed by atoms with E-state index < -0.39 is 0 Å². The zero-order valence-corrected chi connectivity index (χ0v) is 12.1. The summed E-state index contributed by atoms with van der Waals surface area (Å²) >= 11 is 0. The summed E-state index contributed by atoms with van der Waals surface area (Å²) in [7, 11) is 1.50. The van der Waals surface area contributed by atoms with Crippen molar-refractivity contribution in [2.24, 2.45) is 0 Å². The Morgan fingerprint density at radius 2 is 2.18 bits per heavy atom. The number of benzene rings is 1. The lowest BCUT2D eigenvalue weighted by molar-refractivity contribution is 0.0514. The normalized spacial score (nSPS) is 13.8. The lowest BCUT2D eigenvalue weighted by Crippen LogP contribution is -2.10. The molecule has 0 spiro atoms. The van der Waals surface area contributed by atoms with E-state index in [1.165, 1.54) is 7.11 Å². The Hall–Kier alpha value is -2.47. The van der Waals surface area contributed by atoms with Gasteiger partial charge in [0.25, 0.3) is 0 Å². The van der Waals surface area contributed by atoms with Crippen LogP contribution in [0.2, 0.25) is 0 Å². The molecular weight excluding hydrogens is 286 g/mol. The molecule has 0 amide bonds. The second-order valence-electron chi connectivity index (χ2n) is 5.00. The number of ketones is 1. The zero-order chi connectivity index (χ0) is 15.5. The van der Waals surface area contributed by atoms with Crippen molar-refractivity contribution in [2.45, 2.75) is 19.3 Å². The van der Waals surface area contributed by atoms with Crippen LogP contribution in [0.5, 0.6) is 5.75 Å². The van der Waals surface area contributed by atoms with E-state index in [1.54, 1.807) is 18.2 Å². The number of ether oxygens (including phenoxy) is 2. The summed E-state index contributed by atoms with van der Waals surface area (Å²) in [6.45, 7) is 0.0311. The molecule has 0 radical (unpaired) electrons. The molecule has 1 aliphatic carbocycles. The van der Waals surface area contributed by atoms with Gasteiger partial charge in [0.05, 0.1) is 11.1 Å². The quantitative estimate of drug-likeness (QED) is 0.624. The minimum atomic E-state index is -0.0177. The molecule has 3 rings (SSSR count). The third-order valence-corrected chi connectivity index (χ3v) is 3.60. The highest BCUT2D eigenvalue weighted by molar-refractivity contribution is 6.05. The van der Waals surface area contributed by atoms with Crippen LogP contribution in [0.25, 0.3) is 11.3 Å². The third-order valence-electron chi connectivity index (χ3n) is 3.60. The fourth-order valence-electron chi connectivity index (χ4n) is 2.63. The van der Waals surface area contributed by atoms with Crippen LogP contribution < -0.4 is 4.74 Å². The van der Waals surface area contributed by atoms with Gasteiger partial charge in [-0.2, -0.15) is 0 Å². The van der Waals surface area contributed by atoms with Gasteiger partial charge in [-0.3, -0.25) is 9.59 Å². The highest BCUT2D eigenvalue weighted by Crippen LogP contribution is 2.37. The molecule has 0 saturated carbocycles. The number of hydrogen-bond acceptors (Lipinski definition) is 6. The van der Waals surface area contributed by atoms with E-state index in [1.807, 2.05) is 0 Å². The number of hydrogen-bond donors (Lipinski definition) is 0. The Labute approximate surface area is 127 Å². The molecule has 0 bridgehead atoms. The smallest absolute Gasteiger partial charge is 0.188 e. The highest BCUT2D eigenvalue weighted by Gasteiger charge is 2.29. The van der Waals surface area contributed by atoms with Gasteiger partial charge in [-0.05, 0) is 12.5 Å². The number of fused-ring (bicyclic) bond motifs is 1. The van der Waals surface area contributed by atoms with Crippen molar-refractivity contribution in [1.82, 2.24) is 5.16 Å². The van der Waals surface area contributed by atoms with E-state index in [0.29, 0.717) is 53.0 Å². The maximum atomic E-state index is 12.2. The van der Waals surface area contributed by atoms with Gasteiger partial charge >= 0.3 is 0 Å². The van der Waals surface area contributed by atoms with Crippen molar-refractivity contribution in [3.05, 3.63) is 35.1 Å². The number of Topliss-reactive ketones (excluding diaryl/α,β-unsaturated/α-hetero) is 1. The van der Waals surface area contributed by atoms with Gasteiger partial charge in [-0.1, -0.05) is 17.3 Å². The molecule has 0 aliphatic heterocycles. The van der Waals surface area contributed by atoms with E-state index in [9.17, 15) is 9.59 Å². The van der Waals surface area contributed by atoms with Gasteiger partial charge in [0.15, 0.2) is 18.9 Å². The maximum absolute atomic E-state index is 12.2. The largest absolute Gasteiger partial charge is 0.467 e. The highest BCUT2D eigenvalue weighted by atomic mass is 16.7. The molecule has 6 heteroatoms. The molecule has 0 fully saturated rings. The fourth-order valence-corrected chi connectivity index (χ4v) is 2.63. The Morgan fingerprint density at radius 1 is 1.32 bits per heavy atom. The lowest BCUT2D eigenvalue weighted by atomic mass is 9.91. The minimum Gasteiger partial charge on any atom is -0.467 e. The number of aromatic nitrogens is 1. The van der Waals surface area contributed by atoms with Crippen LogP contribution in [0.1, 0.15) is 39.3 Å². The van der Waals surface area contributed by atoms with E-state index in [2.05, 4.69) is 5.16 Å². The van der Waals surface area contributed by atoms with Crippen LogP contribution in [0.15, 0.2) is 22.7 Å². The number of aryl methyl sites for hydroxylation is 1. The Kier molecular flexibility index (Phi) is 4.02. The van der Waals surface area contributed by atoms with Gasteiger partial charge < -0.3 is 14.0 Å². The molecule has 1 aromatic carbocycles. The van der Waals surface area contributed by atoms with E-state index in [4.69, 9.17) is 14.0 Å². The number of aldehydes is 1. The molecule has 0 atom stereocenters. The molecule has 114 valence electrons. The Morgan fingerprint density at radius 3 is 2.95 bits per heavy atom. The average Bonchev–Trinajstić information content (AvgIpc) is 2.97. The van der Waals surface area contributed by atoms with Crippen LogP contribution in [0, 0.1) is 0 Å².